The first-order chi connectivity index (χ1) is 11.8. The molecule has 1 aliphatic carbocycles. The van der Waals surface area contributed by atoms with Crippen LogP contribution in [-0.2, 0) is 0 Å². The van der Waals surface area contributed by atoms with Gasteiger partial charge in [-0.25, -0.2) is 9.50 Å². The van der Waals surface area contributed by atoms with Gasteiger partial charge in [0.25, 0.3) is 0 Å². The van der Waals surface area contributed by atoms with Crippen LogP contribution in [0.25, 0.3) is 16.9 Å². The van der Waals surface area contributed by atoms with E-state index in [0.29, 0.717) is 6.04 Å². The molecule has 1 aliphatic rings. The van der Waals surface area contributed by atoms with Crippen LogP contribution in [-0.4, -0.2) is 25.6 Å². The minimum Gasteiger partial charge on any atom is -0.366 e. The summed E-state index contributed by atoms with van der Waals surface area (Å²) in [5.41, 5.74) is 2.93. The van der Waals surface area contributed by atoms with Gasteiger partial charge in [-0.3, -0.25) is 4.98 Å². The first-order valence-corrected chi connectivity index (χ1v) is 8.87. The molecule has 0 aromatic carbocycles. The minimum absolute atomic E-state index is 0.529. The lowest BCUT2D eigenvalue weighted by atomic mass is 9.83. The number of nitrogens with one attached hydrogen (secondary N) is 1. The van der Waals surface area contributed by atoms with Crippen LogP contribution in [0.3, 0.4) is 0 Å². The fourth-order valence-corrected chi connectivity index (χ4v) is 3.75. The Morgan fingerprint density at radius 1 is 1.12 bits per heavy atom. The third-order valence-electron chi connectivity index (χ3n) is 5.11. The molecule has 0 saturated heterocycles. The molecule has 3 aromatic rings. The largest absolute Gasteiger partial charge is 0.366 e. The van der Waals surface area contributed by atoms with Crippen molar-refractivity contribution in [2.45, 2.75) is 45.1 Å². The lowest BCUT2D eigenvalue weighted by molar-refractivity contribution is 0.316. The Kier molecular flexibility index (Phi) is 4.15. The molecular formula is C19H23N5. The van der Waals surface area contributed by atoms with E-state index in [1.54, 1.807) is 12.4 Å². The number of hydrogen-bond acceptors (Lipinski definition) is 4. The molecule has 2 atom stereocenters. The highest BCUT2D eigenvalue weighted by Crippen LogP contribution is 2.29. The third-order valence-corrected chi connectivity index (χ3v) is 5.11. The van der Waals surface area contributed by atoms with Crippen molar-refractivity contribution in [1.29, 1.82) is 0 Å². The van der Waals surface area contributed by atoms with Crippen molar-refractivity contribution in [3.8, 4) is 11.3 Å². The van der Waals surface area contributed by atoms with E-state index in [9.17, 15) is 0 Å². The van der Waals surface area contributed by atoms with E-state index >= 15 is 0 Å². The number of nitrogens with zero attached hydrogens (tertiary/aromatic N) is 4. The Balaban J connectivity index is 1.65. The molecule has 0 aliphatic heterocycles. The molecule has 4 rings (SSSR count). The van der Waals surface area contributed by atoms with E-state index in [2.05, 4.69) is 22.2 Å². The van der Waals surface area contributed by atoms with E-state index in [1.807, 2.05) is 35.0 Å². The summed E-state index contributed by atoms with van der Waals surface area (Å²) in [6.07, 6.45) is 11.9. The Labute approximate surface area is 142 Å². The van der Waals surface area contributed by atoms with Crippen LogP contribution in [0.1, 0.15) is 39.0 Å². The third kappa shape index (κ3) is 2.86. The Morgan fingerprint density at radius 2 is 1.96 bits per heavy atom. The molecule has 124 valence electrons. The van der Waals surface area contributed by atoms with Crippen LogP contribution < -0.4 is 5.32 Å². The molecule has 0 unspecified atom stereocenters. The first kappa shape index (κ1) is 15.1. The second-order valence-electron chi connectivity index (χ2n) is 6.57. The van der Waals surface area contributed by atoms with Gasteiger partial charge in [-0.1, -0.05) is 26.2 Å². The second kappa shape index (κ2) is 6.59. The summed E-state index contributed by atoms with van der Waals surface area (Å²) in [6, 6.07) is 8.57. The number of pyridine rings is 1. The Bertz CT molecular complexity index is 811. The van der Waals surface area contributed by atoms with Gasteiger partial charge in [-0.2, -0.15) is 0 Å². The number of imidazole rings is 1. The molecule has 0 spiro atoms. The fraction of sp³-hybridized carbons (Fsp3) is 0.421. The molecule has 0 bridgehead atoms. The van der Waals surface area contributed by atoms with E-state index < -0.39 is 0 Å². The van der Waals surface area contributed by atoms with Gasteiger partial charge >= 0.3 is 0 Å². The van der Waals surface area contributed by atoms with E-state index in [-0.39, 0.29) is 0 Å². The van der Waals surface area contributed by atoms with Gasteiger partial charge in [0.1, 0.15) is 5.82 Å². The highest BCUT2D eigenvalue weighted by atomic mass is 15.3. The maximum atomic E-state index is 4.80. The van der Waals surface area contributed by atoms with Crippen molar-refractivity contribution >= 4 is 11.5 Å². The smallest absolute Gasteiger partial charge is 0.154 e. The van der Waals surface area contributed by atoms with Crippen molar-refractivity contribution in [1.82, 2.24) is 19.6 Å². The molecule has 24 heavy (non-hydrogen) atoms. The van der Waals surface area contributed by atoms with Gasteiger partial charge in [0, 0.05) is 24.0 Å². The van der Waals surface area contributed by atoms with Crippen molar-refractivity contribution in [3.05, 3.63) is 42.9 Å². The predicted octanol–water partition coefficient (Wildman–Crippen LogP) is 4.17. The molecule has 1 saturated carbocycles. The zero-order valence-electron chi connectivity index (χ0n) is 14.0. The normalized spacial score (nSPS) is 21.0. The molecule has 0 amide bonds. The highest BCUT2D eigenvalue weighted by molar-refractivity contribution is 5.63. The second-order valence-corrected chi connectivity index (χ2v) is 6.57. The summed E-state index contributed by atoms with van der Waals surface area (Å²) < 4.78 is 1.92. The molecular weight excluding hydrogens is 298 g/mol. The lowest BCUT2D eigenvalue weighted by Gasteiger charge is -2.31. The summed E-state index contributed by atoms with van der Waals surface area (Å²) in [5, 5.41) is 8.47. The highest BCUT2D eigenvalue weighted by Gasteiger charge is 2.23. The molecule has 5 nitrogen and oxygen atoms in total. The van der Waals surface area contributed by atoms with Crippen LogP contribution >= 0.6 is 0 Å². The van der Waals surface area contributed by atoms with E-state index in [1.165, 1.54) is 32.1 Å². The number of fused-ring (bicyclic) bond motifs is 1. The van der Waals surface area contributed by atoms with Crippen LogP contribution in [0.2, 0.25) is 0 Å². The van der Waals surface area contributed by atoms with Gasteiger partial charge in [-0.15, -0.1) is 5.10 Å². The van der Waals surface area contributed by atoms with Crippen molar-refractivity contribution < 1.29 is 0 Å². The van der Waals surface area contributed by atoms with Gasteiger partial charge in [0.2, 0.25) is 0 Å². The van der Waals surface area contributed by atoms with Gasteiger partial charge in [0.15, 0.2) is 5.65 Å². The molecule has 1 N–H and O–H groups in total. The summed E-state index contributed by atoms with van der Waals surface area (Å²) >= 11 is 0. The van der Waals surface area contributed by atoms with Crippen molar-refractivity contribution in [2.75, 3.05) is 5.32 Å². The SMILES string of the molecule is CC[C@@H]1CCCC[C@@H]1Nc1ccc2ncc(-c3ccncc3)n2n1. The van der Waals surface area contributed by atoms with Crippen LogP contribution in [0.4, 0.5) is 5.82 Å². The Hall–Kier alpha value is -2.43. The monoisotopic (exact) mass is 321 g/mol. The molecule has 1 fully saturated rings. The molecule has 3 heterocycles. The molecule has 3 aromatic heterocycles. The van der Waals surface area contributed by atoms with E-state index in [4.69, 9.17) is 5.10 Å². The molecule has 5 heteroatoms. The zero-order valence-corrected chi connectivity index (χ0v) is 14.0. The number of rotatable bonds is 4. The number of hydrogen-bond donors (Lipinski definition) is 1. The topological polar surface area (TPSA) is 55.1 Å². The summed E-state index contributed by atoms with van der Waals surface area (Å²) in [7, 11) is 0. The van der Waals surface area contributed by atoms with E-state index in [0.717, 1.165) is 28.6 Å². The van der Waals surface area contributed by atoms with Gasteiger partial charge < -0.3 is 5.32 Å². The standard InChI is InChI=1S/C19H23N5/c1-2-14-5-3-4-6-16(14)22-18-7-8-19-21-13-17(24(19)23-18)15-9-11-20-12-10-15/h7-14,16H,2-6H2,1H3,(H,22,23)/t14-,16+/m1/s1. The average molecular weight is 321 g/mol. The zero-order chi connectivity index (χ0) is 16.4. The van der Waals surface area contributed by atoms with Gasteiger partial charge in [0.05, 0.1) is 11.9 Å². The number of anilines is 1. The maximum absolute atomic E-state index is 4.80. The maximum Gasteiger partial charge on any atom is 0.154 e. The van der Waals surface area contributed by atoms with Crippen LogP contribution in [0.15, 0.2) is 42.9 Å². The summed E-state index contributed by atoms with van der Waals surface area (Å²) in [4.78, 5) is 8.55. The summed E-state index contributed by atoms with van der Waals surface area (Å²) in [5.74, 6) is 1.68. The summed E-state index contributed by atoms with van der Waals surface area (Å²) in [6.45, 7) is 2.29. The first-order valence-electron chi connectivity index (χ1n) is 8.87. The predicted molar refractivity (Wildman–Crippen MR) is 95.9 cm³/mol. The quantitative estimate of drug-likeness (QED) is 0.783. The molecule has 0 radical (unpaired) electrons. The van der Waals surface area contributed by atoms with Crippen molar-refractivity contribution in [3.63, 3.8) is 0 Å². The minimum atomic E-state index is 0.529. The van der Waals surface area contributed by atoms with Gasteiger partial charge in [-0.05, 0) is 43.0 Å². The fourth-order valence-electron chi connectivity index (χ4n) is 3.75. The van der Waals surface area contributed by atoms with Crippen molar-refractivity contribution in [2.24, 2.45) is 5.92 Å². The lowest BCUT2D eigenvalue weighted by Crippen LogP contribution is -2.32. The Morgan fingerprint density at radius 3 is 2.79 bits per heavy atom. The van der Waals surface area contributed by atoms with Crippen LogP contribution in [0, 0.1) is 5.92 Å². The average Bonchev–Trinajstić information content (AvgIpc) is 3.06. The van der Waals surface area contributed by atoms with Crippen LogP contribution in [0.5, 0.6) is 0 Å². The number of aromatic nitrogens is 4.